The Labute approximate surface area is 748 Å². The summed E-state index contributed by atoms with van der Waals surface area (Å²) in [7, 11) is 0. The van der Waals surface area contributed by atoms with Gasteiger partial charge >= 0.3 is 0 Å². The number of benzene rings is 16. The number of aromatic nitrogens is 14. The molecule has 0 spiro atoms. The Kier molecular flexibility index (Phi) is 19.2. The zero-order valence-electron chi connectivity index (χ0n) is 72.1. The number of aryl methyl sites for hydroxylation is 4. The summed E-state index contributed by atoms with van der Waals surface area (Å²) in [6.45, 7) is 12.9. The molecule has 16 aromatic carbocycles. The summed E-state index contributed by atoms with van der Waals surface area (Å²) < 4.78 is 17.7. The van der Waals surface area contributed by atoms with Crippen LogP contribution in [0.4, 0.5) is 0 Å². The monoisotopic (exact) mass is 1670 g/mol. The summed E-state index contributed by atoms with van der Waals surface area (Å²) in [5.74, 6) is 6.65. The number of para-hydroxylation sites is 4. The first-order valence-electron chi connectivity index (χ1n) is 43.8. The lowest BCUT2D eigenvalue weighted by atomic mass is 10.0. The Morgan fingerprint density at radius 1 is 0.192 bits per heavy atom. The van der Waals surface area contributed by atoms with Crippen molar-refractivity contribution in [3.8, 4) is 109 Å². The molecule has 0 aliphatic rings. The molecule has 15 nitrogen and oxygen atoms in total. The van der Waals surface area contributed by atoms with Crippen LogP contribution < -0.4 is 0 Å². The fraction of sp³-hybridized carbons (Fsp3) is 0.0522. The first-order chi connectivity index (χ1) is 64.0. The molecule has 0 atom stereocenters. The van der Waals surface area contributed by atoms with Crippen LogP contribution in [0.5, 0.6) is 0 Å². The van der Waals surface area contributed by atoms with Crippen LogP contribution in [0.25, 0.3) is 218 Å². The third kappa shape index (κ3) is 13.5. The van der Waals surface area contributed by atoms with Crippen LogP contribution in [-0.2, 0) is 0 Å². The van der Waals surface area contributed by atoms with Crippen LogP contribution in [0, 0.1) is 41.5 Å². The van der Waals surface area contributed by atoms with E-state index in [1.807, 2.05) is 189 Å². The third-order valence-corrected chi connectivity index (χ3v) is 25.4. The number of furan rings is 1. The zero-order valence-corrected chi connectivity index (χ0v) is 72.1. The molecule has 0 radical (unpaired) electrons. The van der Waals surface area contributed by atoms with Crippen molar-refractivity contribution in [2.24, 2.45) is 0 Å². The molecule has 0 saturated heterocycles. The molecular formula is C115H82N14O. The van der Waals surface area contributed by atoms with E-state index in [1.165, 1.54) is 87.7 Å². The lowest BCUT2D eigenvalue weighted by Gasteiger charge is -2.12. The molecule has 9 heterocycles. The van der Waals surface area contributed by atoms with Crippen molar-refractivity contribution >= 4 is 109 Å². The molecule has 25 aromatic rings. The maximum atomic E-state index is 6.19. The van der Waals surface area contributed by atoms with E-state index in [0.29, 0.717) is 52.7 Å². The predicted molar refractivity (Wildman–Crippen MR) is 530 cm³/mol. The molecule has 0 amide bonds. The first-order valence-corrected chi connectivity index (χ1v) is 43.8. The molecule has 0 bridgehead atoms. The first kappa shape index (κ1) is 77.6. The van der Waals surface area contributed by atoms with Gasteiger partial charge in [0.15, 0.2) is 40.8 Å². The van der Waals surface area contributed by atoms with Gasteiger partial charge in [0.05, 0.1) is 44.1 Å². The average molecular weight is 1680 g/mol. The third-order valence-electron chi connectivity index (χ3n) is 25.4. The minimum absolute atomic E-state index is 0.584. The van der Waals surface area contributed by atoms with Gasteiger partial charge in [0, 0.05) is 116 Å². The number of hydrogen-bond donors (Lipinski definition) is 0. The Hall–Kier alpha value is -17.2. The summed E-state index contributed by atoms with van der Waals surface area (Å²) >= 11 is 0. The average Bonchev–Trinajstić information content (AvgIpc) is 1.57. The van der Waals surface area contributed by atoms with Crippen LogP contribution in [0.3, 0.4) is 0 Å². The van der Waals surface area contributed by atoms with Gasteiger partial charge in [-0.2, -0.15) is 19.9 Å². The molecule has 0 aliphatic carbocycles. The number of fused-ring (bicyclic) bond motifs is 14. The van der Waals surface area contributed by atoms with E-state index < -0.39 is 0 Å². The van der Waals surface area contributed by atoms with Crippen molar-refractivity contribution in [3.05, 3.63) is 422 Å². The Morgan fingerprint density at radius 3 is 0.977 bits per heavy atom. The van der Waals surface area contributed by atoms with Gasteiger partial charge in [0.25, 0.3) is 0 Å². The summed E-state index contributed by atoms with van der Waals surface area (Å²) in [4.78, 5) is 45.0. The fourth-order valence-electron chi connectivity index (χ4n) is 18.7. The quantitative estimate of drug-likeness (QED) is 0.115. The van der Waals surface area contributed by atoms with Gasteiger partial charge in [-0.25, -0.2) is 24.9 Å². The zero-order chi connectivity index (χ0) is 87.2. The second-order valence-corrected chi connectivity index (χ2v) is 33.0. The Balaban J connectivity index is 0.000000112. The molecule has 0 saturated carbocycles. The van der Waals surface area contributed by atoms with Crippen molar-refractivity contribution in [2.75, 3.05) is 0 Å². The molecule has 9 aromatic heterocycles. The molecule has 25 rings (SSSR count). The standard InChI is InChI=1S/C43H31N5.C37H27N5.C35H24N4O/c1-28-29(2)47(33-20-10-5-11-21-33)39-27-37-35-23-12-13-24-38(35)48(40(37)26-36(28)39)34-22-14-19-32(25-34)43-45-41(30-15-6-3-7-16-30)44-42(46-43)31-17-8-4-9-18-31;1-24-25(2)41(37-39-35(26-14-6-3-7-15-26)38-36(40-37)27-16-8-4-9-17-27)33-23-31-29-20-12-13-21-32(29)42(34(31)22-30(24)33)28-18-10-5-11-19-28;1-21-22(2)40-31-20-28-30(19-27(21)31)39(29-18-17-23-11-9-10-16-26(23)32(28)29)35-37-33(24-12-5-3-6-13-24)36-34(38-35)25-14-7-4-8-15-25/h3-27H,1-2H3;3-23H,1-2H3;3-20H,1-2H3. The van der Waals surface area contributed by atoms with Crippen LogP contribution in [0.1, 0.15) is 33.8 Å². The Morgan fingerprint density at radius 2 is 0.515 bits per heavy atom. The maximum absolute atomic E-state index is 6.19. The lowest BCUT2D eigenvalue weighted by molar-refractivity contribution is 0.575. The van der Waals surface area contributed by atoms with E-state index in [-0.39, 0.29) is 0 Å². The normalized spacial score (nSPS) is 11.6. The highest BCUT2D eigenvalue weighted by Crippen LogP contribution is 2.45. The van der Waals surface area contributed by atoms with Crippen molar-refractivity contribution in [1.82, 2.24) is 67.7 Å². The van der Waals surface area contributed by atoms with E-state index in [9.17, 15) is 0 Å². The van der Waals surface area contributed by atoms with Gasteiger partial charge in [-0.1, -0.05) is 297 Å². The van der Waals surface area contributed by atoms with E-state index in [4.69, 9.17) is 49.3 Å². The van der Waals surface area contributed by atoms with E-state index in [1.54, 1.807) is 0 Å². The minimum atomic E-state index is 0.584. The highest BCUT2D eigenvalue weighted by Gasteiger charge is 2.27. The van der Waals surface area contributed by atoms with Crippen LogP contribution >= 0.6 is 0 Å². The number of nitrogens with zero attached hydrogens (tertiary/aromatic N) is 14. The van der Waals surface area contributed by atoms with Crippen molar-refractivity contribution < 1.29 is 4.42 Å². The van der Waals surface area contributed by atoms with Crippen LogP contribution in [-0.4, -0.2) is 67.7 Å². The summed E-state index contributed by atoms with van der Waals surface area (Å²) in [6.07, 6.45) is 0. The van der Waals surface area contributed by atoms with Crippen molar-refractivity contribution in [3.63, 3.8) is 0 Å². The molecule has 0 N–H and O–H groups in total. The smallest absolute Gasteiger partial charge is 0.238 e. The van der Waals surface area contributed by atoms with Crippen molar-refractivity contribution in [2.45, 2.75) is 41.5 Å². The SMILES string of the molecule is Cc1c(C)n(-c2ccccc2)c2cc3c4ccccc4n(-c4cccc(-c5nc(-c6ccccc6)nc(-c6ccccc6)n5)c4)c3cc12.Cc1c(C)n(-c2nc(-c3ccccc3)nc(-c3ccccc3)n2)c2cc3c4ccccc4n(-c4ccccc4)c3cc12.Cc1oc2cc3c4c5ccccc5ccc4n(-c4nc(-c5ccccc5)nc(-c5ccccc5)n4)c3cc2c1C. The summed E-state index contributed by atoms with van der Waals surface area (Å²) in [6, 6.07) is 134. The van der Waals surface area contributed by atoms with Gasteiger partial charge in [-0.3, -0.25) is 9.13 Å². The molecule has 130 heavy (non-hydrogen) atoms. The Bertz CT molecular complexity index is 8530. The largest absolute Gasteiger partial charge is 0.461 e. The van der Waals surface area contributed by atoms with E-state index in [2.05, 4.69) is 264 Å². The van der Waals surface area contributed by atoms with E-state index >= 15 is 0 Å². The highest BCUT2D eigenvalue weighted by atomic mass is 16.3. The van der Waals surface area contributed by atoms with Crippen molar-refractivity contribution in [1.29, 1.82) is 0 Å². The van der Waals surface area contributed by atoms with Crippen LogP contribution in [0.15, 0.2) is 393 Å². The summed E-state index contributed by atoms with van der Waals surface area (Å²) in [5.41, 5.74) is 26.0. The molecule has 0 fully saturated rings. The molecule has 618 valence electrons. The second kappa shape index (κ2) is 32.1. The van der Waals surface area contributed by atoms with Gasteiger partial charge in [-0.15, -0.1) is 0 Å². The highest BCUT2D eigenvalue weighted by molar-refractivity contribution is 6.23. The van der Waals surface area contributed by atoms with Crippen LogP contribution in [0.2, 0.25) is 0 Å². The number of hydrogen-bond acceptors (Lipinski definition) is 10. The van der Waals surface area contributed by atoms with Gasteiger partial charge in [0.2, 0.25) is 11.9 Å². The maximum Gasteiger partial charge on any atom is 0.238 e. The van der Waals surface area contributed by atoms with Gasteiger partial charge in [-0.05, 0) is 160 Å². The molecule has 0 unspecified atom stereocenters. The van der Waals surface area contributed by atoms with Gasteiger partial charge < -0.3 is 18.1 Å². The molecule has 15 heteroatoms. The summed E-state index contributed by atoms with van der Waals surface area (Å²) in [5, 5.41) is 13.0. The van der Waals surface area contributed by atoms with Gasteiger partial charge in [0.1, 0.15) is 11.3 Å². The molecular weight excluding hydrogens is 1590 g/mol. The van der Waals surface area contributed by atoms with E-state index in [0.717, 1.165) is 111 Å². The predicted octanol–water partition coefficient (Wildman–Crippen LogP) is 28.2. The molecule has 0 aliphatic heterocycles. The lowest BCUT2D eigenvalue weighted by Crippen LogP contribution is -2.07. The fourth-order valence-corrected chi connectivity index (χ4v) is 18.7. The second-order valence-electron chi connectivity index (χ2n) is 33.0. The topological polar surface area (TPSA) is 154 Å². The minimum Gasteiger partial charge on any atom is -0.461 e. The number of rotatable bonds is 12.